The number of nitrogens with one attached hydrogen (secondary N) is 1. The minimum Gasteiger partial charge on any atom is -0.306 e. The lowest BCUT2D eigenvalue weighted by molar-refractivity contribution is 0.630. The number of halogens is 1. The molecule has 0 aliphatic heterocycles. The first kappa shape index (κ1) is 11.8. The van der Waals surface area contributed by atoms with Crippen LogP contribution in [0.1, 0.15) is 24.1 Å². The molecule has 0 saturated carbocycles. The van der Waals surface area contributed by atoms with E-state index in [9.17, 15) is 0 Å². The van der Waals surface area contributed by atoms with Crippen molar-refractivity contribution in [3.05, 3.63) is 50.9 Å². The number of rotatable bonds is 4. The lowest BCUT2D eigenvalue weighted by atomic mass is 10.0. The molecular formula is C12H13BrN2S. The molecule has 2 heterocycles. The molecule has 0 radical (unpaired) electrons. The highest BCUT2D eigenvalue weighted by molar-refractivity contribution is 9.10. The van der Waals surface area contributed by atoms with E-state index < -0.39 is 0 Å². The quantitative estimate of drug-likeness (QED) is 0.932. The van der Waals surface area contributed by atoms with Crippen LogP contribution >= 0.6 is 27.3 Å². The summed E-state index contributed by atoms with van der Waals surface area (Å²) in [7, 11) is 0. The minimum atomic E-state index is 0.244. The summed E-state index contributed by atoms with van der Waals surface area (Å²) in [6.07, 6.45) is 3.67. The van der Waals surface area contributed by atoms with Gasteiger partial charge in [0.05, 0.1) is 6.04 Å². The first-order valence-corrected chi connectivity index (χ1v) is 6.91. The van der Waals surface area contributed by atoms with Gasteiger partial charge in [-0.1, -0.05) is 6.92 Å². The molecule has 2 aromatic rings. The van der Waals surface area contributed by atoms with Crippen molar-refractivity contribution in [1.82, 2.24) is 10.3 Å². The zero-order valence-corrected chi connectivity index (χ0v) is 11.4. The van der Waals surface area contributed by atoms with Crippen LogP contribution in [-0.2, 0) is 0 Å². The molecule has 4 heteroatoms. The van der Waals surface area contributed by atoms with Gasteiger partial charge in [-0.15, -0.1) is 0 Å². The average Bonchev–Trinajstić information content (AvgIpc) is 2.73. The van der Waals surface area contributed by atoms with Gasteiger partial charge >= 0.3 is 0 Å². The zero-order chi connectivity index (χ0) is 11.4. The van der Waals surface area contributed by atoms with Gasteiger partial charge in [0.2, 0.25) is 0 Å². The van der Waals surface area contributed by atoms with Crippen molar-refractivity contribution in [1.29, 1.82) is 0 Å². The van der Waals surface area contributed by atoms with E-state index >= 15 is 0 Å². The van der Waals surface area contributed by atoms with E-state index in [1.807, 2.05) is 12.4 Å². The van der Waals surface area contributed by atoms with Gasteiger partial charge in [0.25, 0.3) is 0 Å². The molecule has 84 valence electrons. The Bertz CT molecular complexity index is 441. The van der Waals surface area contributed by atoms with Crippen LogP contribution in [0.15, 0.2) is 39.8 Å². The maximum absolute atomic E-state index is 4.05. The summed E-state index contributed by atoms with van der Waals surface area (Å²) in [6, 6.07) is 4.35. The fourth-order valence-electron chi connectivity index (χ4n) is 1.66. The molecule has 0 aliphatic rings. The Balaban J connectivity index is 2.35. The van der Waals surface area contributed by atoms with E-state index in [-0.39, 0.29) is 6.04 Å². The van der Waals surface area contributed by atoms with Crippen molar-refractivity contribution >= 4 is 27.3 Å². The lowest BCUT2D eigenvalue weighted by Crippen LogP contribution is -2.21. The van der Waals surface area contributed by atoms with Crippen LogP contribution in [0.5, 0.6) is 0 Å². The number of pyridine rings is 1. The number of hydrogen-bond acceptors (Lipinski definition) is 3. The smallest absolute Gasteiger partial charge is 0.0597 e. The summed E-state index contributed by atoms with van der Waals surface area (Å²) >= 11 is 5.30. The van der Waals surface area contributed by atoms with E-state index in [4.69, 9.17) is 0 Å². The summed E-state index contributed by atoms with van der Waals surface area (Å²) in [6.45, 7) is 3.06. The maximum Gasteiger partial charge on any atom is 0.0597 e. The topological polar surface area (TPSA) is 24.9 Å². The van der Waals surface area contributed by atoms with Gasteiger partial charge in [0.1, 0.15) is 0 Å². The van der Waals surface area contributed by atoms with E-state index in [0.717, 1.165) is 6.54 Å². The summed E-state index contributed by atoms with van der Waals surface area (Å²) < 4.78 is 1.17. The fraction of sp³-hybridized carbons (Fsp3) is 0.250. The second-order valence-corrected chi connectivity index (χ2v) is 5.04. The summed E-state index contributed by atoms with van der Waals surface area (Å²) in [5.41, 5.74) is 2.54. The Morgan fingerprint density at radius 2 is 2.12 bits per heavy atom. The second-order valence-electron chi connectivity index (χ2n) is 3.45. The predicted molar refractivity (Wildman–Crippen MR) is 71.8 cm³/mol. The maximum atomic E-state index is 4.05. The Morgan fingerprint density at radius 3 is 2.69 bits per heavy atom. The lowest BCUT2D eigenvalue weighted by Gasteiger charge is -2.17. The van der Waals surface area contributed by atoms with Crippen molar-refractivity contribution in [2.75, 3.05) is 6.54 Å². The van der Waals surface area contributed by atoms with Crippen LogP contribution in [-0.4, -0.2) is 11.5 Å². The van der Waals surface area contributed by atoms with Gasteiger partial charge in [-0.2, -0.15) is 11.3 Å². The van der Waals surface area contributed by atoms with Crippen molar-refractivity contribution in [2.45, 2.75) is 13.0 Å². The molecule has 1 atom stereocenters. The van der Waals surface area contributed by atoms with Gasteiger partial charge in [-0.3, -0.25) is 4.98 Å². The van der Waals surface area contributed by atoms with Crippen molar-refractivity contribution in [3.63, 3.8) is 0 Å². The Labute approximate surface area is 108 Å². The molecule has 0 aliphatic carbocycles. The Hall–Kier alpha value is -0.710. The standard InChI is InChI=1S/C12H13BrN2S/c1-2-15-12(9-3-5-14-6-4-9)10-7-16-8-11(10)13/h3-8,12,15H,2H2,1H3. The van der Waals surface area contributed by atoms with Gasteiger partial charge in [0.15, 0.2) is 0 Å². The molecule has 0 fully saturated rings. The van der Waals surface area contributed by atoms with Crippen LogP contribution in [0.25, 0.3) is 0 Å². The molecule has 2 nitrogen and oxygen atoms in total. The summed E-state index contributed by atoms with van der Waals surface area (Å²) in [5, 5.41) is 7.78. The number of thiophene rings is 1. The van der Waals surface area contributed by atoms with E-state index in [2.05, 4.69) is 56.0 Å². The first-order valence-electron chi connectivity index (χ1n) is 5.17. The molecule has 16 heavy (non-hydrogen) atoms. The van der Waals surface area contributed by atoms with Gasteiger partial charge < -0.3 is 5.32 Å². The molecule has 2 aromatic heterocycles. The molecule has 2 rings (SSSR count). The highest BCUT2D eigenvalue weighted by atomic mass is 79.9. The van der Waals surface area contributed by atoms with Crippen LogP contribution < -0.4 is 5.32 Å². The molecule has 0 amide bonds. The zero-order valence-electron chi connectivity index (χ0n) is 8.98. The number of nitrogens with zero attached hydrogens (tertiary/aromatic N) is 1. The van der Waals surface area contributed by atoms with Crippen molar-refractivity contribution in [2.24, 2.45) is 0 Å². The third-order valence-electron chi connectivity index (χ3n) is 2.40. The molecular weight excluding hydrogens is 284 g/mol. The van der Waals surface area contributed by atoms with E-state index in [1.165, 1.54) is 15.6 Å². The van der Waals surface area contributed by atoms with E-state index in [0.29, 0.717) is 0 Å². The number of hydrogen-bond donors (Lipinski definition) is 1. The highest BCUT2D eigenvalue weighted by Crippen LogP contribution is 2.31. The summed E-state index contributed by atoms with van der Waals surface area (Å²) in [5.74, 6) is 0. The van der Waals surface area contributed by atoms with Crippen molar-refractivity contribution in [3.8, 4) is 0 Å². The molecule has 0 spiro atoms. The SMILES string of the molecule is CCNC(c1ccncc1)c1cscc1Br. The second kappa shape index (κ2) is 5.57. The van der Waals surface area contributed by atoms with Gasteiger partial charge in [-0.05, 0) is 51.1 Å². The third-order valence-corrected chi connectivity index (χ3v) is 4.15. The van der Waals surface area contributed by atoms with Crippen LogP contribution in [0.3, 0.4) is 0 Å². The Morgan fingerprint density at radius 1 is 1.38 bits per heavy atom. The Kier molecular flexibility index (Phi) is 4.09. The van der Waals surface area contributed by atoms with Gasteiger partial charge in [-0.25, -0.2) is 0 Å². The van der Waals surface area contributed by atoms with Crippen LogP contribution in [0.4, 0.5) is 0 Å². The normalized spacial score (nSPS) is 12.6. The monoisotopic (exact) mass is 296 g/mol. The molecule has 1 unspecified atom stereocenters. The van der Waals surface area contributed by atoms with E-state index in [1.54, 1.807) is 11.3 Å². The third kappa shape index (κ3) is 2.51. The minimum absolute atomic E-state index is 0.244. The van der Waals surface area contributed by atoms with Crippen LogP contribution in [0.2, 0.25) is 0 Å². The number of aromatic nitrogens is 1. The largest absolute Gasteiger partial charge is 0.306 e. The molecule has 0 bridgehead atoms. The average molecular weight is 297 g/mol. The molecule has 1 N–H and O–H groups in total. The molecule has 0 saturated heterocycles. The van der Waals surface area contributed by atoms with Crippen molar-refractivity contribution < 1.29 is 0 Å². The molecule has 0 aromatic carbocycles. The predicted octanol–water partition coefficient (Wildman–Crippen LogP) is 3.60. The fourth-order valence-corrected chi connectivity index (χ4v) is 3.22. The van der Waals surface area contributed by atoms with Gasteiger partial charge in [0, 0.05) is 22.2 Å². The van der Waals surface area contributed by atoms with Crippen LogP contribution in [0, 0.1) is 0 Å². The summed E-state index contributed by atoms with van der Waals surface area (Å²) in [4.78, 5) is 4.05. The highest BCUT2D eigenvalue weighted by Gasteiger charge is 2.15. The first-order chi connectivity index (χ1) is 7.83.